The van der Waals surface area contributed by atoms with Gasteiger partial charge in [-0.1, -0.05) is 0 Å². The van der Waals surface area contributed by atoms with Gasteiger partial charge < -0.3 is 74.1 Å². The number of pyridine rings is 2. The number of anilines is 6. The van der Waals surface area contributed by atoms with Crippen LogP contribution in [0.4, 0.5) is 34.1 Å². The summed E-state index contributed by atoms with van der Waals surface area (Å²) in [4.78, 5) is 45.1. The first-order valence-electron chi connectivity index (χ1n) is 21.7. The number of ether oxygens (including phenoxy) is 6. The first-order chi connectivity index (χ1) is 32.5. The number of carboxylic acids is 1. The van der Waals surface area contributed by atoms with Crippen molar-refractivity contribution >= 4 is 46.0 Å². The number of aryl methyl sites for hydroxylation is 2. The smallest absolute Gasteiger partial charge is 0.356 e. The van der Waals surface area contributed by atoms with Gasteiger partial charge >= 0.3 is 5.97 Å². The predicted octanol–water partition coefficient (Wildman–Crippen LogP) is 4.29. The molecule has 8 heterocycles. The molecule has 4 aromatic heterocycles. The summed E-state index contributed by atoms with van der Waals surface area (Å²) in [5.74, 6) is 2.93. The average molecular weight is 919 g/mol. The molecule has 4 aliphatic rings. The van der Waals surface area contributed by atoms with E-state index in [1.54, 1.807) is 60.2 Å². The van der Waals surface area contributed by atoms with Gasteiger partial charge in [-0.05, 0) is 49.4 Å². The highest BCUT2D eigenvalue weighted by Crippen LogP contribution is 2.42. The number of likely N-dealkylation sites (tertiary alicyclic amines) is 1. The molecule has 0 bridgehead atoms. The summed E-state index contributed by atoms with van der Waals surface area (Å²) in [6.45, 7) is 5.56. The topological polar surface area (TPSA) is 245 Å². The van der Waals surface area contributed by atoms with Crippen LogP contribution in [0, 0.1) is 0 Å². The minimum Gasteiger partial charge on any atom is -0.490 e. The van der Waals surface area contributed by atoms with Crippen LogP contribution in [0.1, 0.15) is 33.8 Å². The molecule has 6 aromatic rings. The number of imidazole rings is 2. The number of hydrogen-bond acceptors (Lipinski definition) is 17. The van der Waals surface area contributed by atoms with Crippen molar-refractivity contribution < 1.29 is 43.1 Å². The van der Waals surface area contributed by atoms with Gasteiger partial charge in [0.1, 0.15) is 54.1 Å². The maximum Gasteiger partial charge on any atom is 0.356 e. The van der Waals surface area contributed by atoms with Crippen molar-refractivity contribution in [2.45, 2.75) is 25.0 Å². The molecule has 6 N–H and O–H groups in total. The van der Waals surface area contributed by atoms with Crippen LogP contribution in [0.3, 0.4) is 0 Å². The van der Waals surface area contributed by atoms with E-state index in [1.165, 1.54) is 12.5 Å². The Bertz CT molecular complexity index is 2690. The zero-order chi connectivity index (χ0) is 47.0. The van der Waals surface area contributed by atoms with Crippen LogP contribution in [-0.4, -0.2) is 130 Å². The summed E-state index contributed by atoms with van der Waals surface area (Å²) in [6, 6.07) is 15.4. The van der Waals surface area contributed by atoms with Crippen LogP contribution >= 0.6 is 0 Å². The number of nitrogen functional groups attached to an aromatic ring is 2. The number of hydrogen-bond donors (Lipinski definition) is 4. The predicted molar refractivity (Wildman–Crippen MR) is 249 cm³/mol. The Labute approximate surface area is 386 Å². The molecule has 21 nitrogen and oxygen atoms in total. The van der Waals surface area contributed by atoms with Gasteiger partial charge in [0.05, 0.1) is 93.0 Å². The zero-order valence-electron chi connectivity index (χ0n) is 37.7. The van der Waals surface area contributed by atoms with Crippen LogP contribution in [0.5, 0.6) is 34.8 Å². The Morgan fingerprint density at radius 3 is 1.70 bits per heavy atom. The minimum absolute atomic E-state index is 0.0729. The fourth-order valence-corrected chi connectivity index (χ4v) is 7.96. The molecule has 67 heavy (non-hydrogen) atoms. The van der Waals surface area contributed by atoms with Gasteiger partial charge in [0.2, 0.25) is 11.8 Å². The van der Waals surface area contributed by atoms with E-state index in [0.29, 0.717) is 61.7 Å². The van der Waals surface area contributed by atoms with Crippen molar-refractivity contribution in [2.75, 3.05) is 88.0 Å². The highest BCUT2D eigenvalue weighted by molar-refractivity contribution is 5.92. The molecule has 2 atom stereocenters. The first-order valence-corrected chi connectivity index (χ1v) is 21.7. The lowest BCUT2D eigenvalue weighted by Gasteiger charge is -2.31. The highest BCUT2D eigenvalue weighted by atomic mass is 16.5. The number of fused-ring (bicyclic) bond motifs is 2. The van der Waals surface area contributed by atoms with E-state index in [1.807, 2.05) is 55.6 Å². The van der Waals surface area contributed by atoms with Crippen molar-refractivity contribution in [2.24, 2.45) is 14.1 Å². The number of amides is 1. The van der Waals surface area contributed by atoms with E-state index in [4.69, 9.17) is 45.0 Å². The number of benzene rings is 2. The Kier molecular flexibility index (Phi) is 13.9. The molecule has 2 aromatic carbocycles. The number of aromatic carboxylic acids is 1. The lowest BCUT2D eigenvalue weighted by molar-refractivity contribution is 0.0690. The fraction of sp³-hybridized carbons (Fsp3) is 0.348. The molecule has 10 rings (SSSR count). The van der Waals surface area contributed by atoms with Crippen molar-refractivity contribution in [1.29, 1.82) is 0 Å². The van der Waals surface area contributed by atoms with Gasteiger partial charge in [0, 0.05) is 58.1 Å². The van der Waals surface area contributed by atoms with Gasteiger partial charge in [-0.25, -0.2) is 24.7 Å². The average Bonchev–Trinajstić information content (AvgIpc) is 4.19. The van der Waals surface area contributed by atoms with E-state index in [9.17, 15) is 9.59 Å². The summed E-state index contributed by atoms with van der Waals surface area (Å²) in [5, 5.41) is 11.6. The maximum atomic E-state index is 12.7. The lowest BCUT2D eigenvalue weighted by atomic mass is 10.2. The lowest BCUT2D eigenvalue weighted by Crippen LogP contribution is -2.31. The molecule has 2 saturated heterocycles. The fourth-order valence-electron chi connectivity index (χ4n) is 7.96. The van der Waals surface area contributed by atoms with Gasteiger partial charge in [-0.2, -0.15) is 0 Å². The molecular weight excluding hydrogens is 865 g/mol. The second kappa shape index (κ2) is 20.5. The number of carbonyl (C=O) groups excluding carboxylic acids is 1. The first kappa shape index (κ1) is 45.6. The molecule has 0 saturated carbocycles. The van der Waals surface area contributed by atoms with Crippen molar-refractivity contribution in [1.82, 2.24) is 39.3 Å². The van der Waals surface area contributed by atoms with E-state index >= 15 is 0 Å². The molecule has 0 spiro atoms. The van der Waals surface area contributed by atoms with E-state index < -0.39 is 5.97 Å². The molecule has 352 valence electrons. The monoisotopic (exact) mass is 918 g/mol. The van der Waals surface area contributed by atoms with Gasteiger partial charge in [-0.3, -0.25) is 4.79 Å². The normalized spacial score (nSPS) is 17.0. The molecule has 2 fully saturated rings. The number of aromatic nitrogens is 6. The third kappa shape index (κ3) is 10.8. The number of rotatable bonds is 10. The summed E-state index contributed by atoms with van der Waals surface area (Å²) < 4.78 is 37.6. The molecule has 0 radical (unpaired) electrons. The zero-order valence-corrected chi connectivity index (χ0v) is 37.7. The highest BCUT2D eigenvalue weighted by Gasteiger charge is 2.30. The Hall–Kier alpha value is -7.94. The second-order valence-electron chi connectivity index (χ2n) is 16.0. The number of carboxylic acid groups (broad SMARTS) is 1. The van der Waals surface area contributed by atoms with Gasteiger partial charge in [0.25, 0.3) is 5.91 Å². The Morgan fingerprint density at radius 2 is 1.25 bits per heavy atom. The molecule has 0 unspecified atom stereocenters. The van der Waals surface area contributed by atoms with Crippen molar-refractivity contribution in [3.63, 3.8) is 0 Å². The van der Waals surface area contributed by atoms with Crippen LogP contribution in [0.15, 0.2) is 86.0 Å². The van der Waals surface area contributed by atoms with Crippen LogP contribution in [0.2, 0.25) is 0 Å². The van der Waals surface area contributed by atoms with Gasteiger partial charge in [-0.15, -0.1) is 0 Å². The third-order valence-electron chi connectivity index (χ3n) is 11.2. The summed E-state index contributed by atoms with van der Waals surface area (Å²) in [6.07, 6.45) is 11.7. The number of methoxy groups -OCH3 is 2. The Morgan fingerprint density at radius 1 is 0.716 bits per heavy atom. The summed E-state index contributed by atoms with van der Waals surface area (Å²) >= 11 is 0. The van der Waals surface area contributed by atoms with Crippen LogP contribution in [0.25, 0.3) is 0 Å². The van der Waals surface area contributed by atoms with Crippen molar-refractivity contribution in [3.8, 4) is 34.8 Å². The summed E-state index contributed by atoms with van der Waals surface area (Å²) in [5.41, 5.74) is 17.2. The SMILES string of the molecule is COc1ncc(N2CCOc3ccc(O[C@H]4CCN(C(=O)c5cn(C)cn5)C4)cc32)cc1N.COc1ncc(N2CCOc3ccc(O[C@H]4CCNC4)cc32)cc1N.Cn1cnc(C(=O)O)c1. The molecule has 0 aliphatic carbocycles. The minimum atomic E-state index is -0.990. The standard InChI is InChI=1S/C23H26N6O4.C18H22N4O3.C5H6N2O2/c1-27-13-19(26-14-27)23(30)28-6-5-17(12-28)33-16-3-4-21-20(10-16)29(7-8-32-21)15-9-18(24)22(31-2)25-11-15;1-23-18-15(19)8-12(10-21-18)22-6-7-24-17-3-2-13(9-16(17)22)25-14-4-5-20-11-14;1-7-2-4(5(8)9)6-3-7/h3-4,9-11,13-14,17H,5-8,12,24H2,1-2H3;2-3,8-10,14,20H,4-7,11,19H2,1H3;2-3H,1H3,(H,8,9)/t17-;14-;/m00./s1. The van der Waals surface area contributed by atoms with Crippen LogP contribution in [-0.2, 0) is 14.1 Å². The Balaban J connectivity index is 0.000000157. The van der Waals surface area contributed by atoms with Crippen LogP contribution < -0.4 is 55.0 Å². The number of nitrogens with zero attached hydrogens (tertiary/aromatic N) is 9. The molecule has 4 aliphatic heterocycles. The molecule has 21 heteroatoms. The molecule has 1 amide bonds. The number of nitrogens with two attached hydrogens (primary N) is 2. The van der Waals surface area contributed by atoms with E-state index in [2.05, 4.69) is 35.1 Å². The van der Waals surface area contributed by atoms with Crippen molar-refractivity contribution in [3.05, 3.63) is 97.4 Å². The van der Waals surface area contributed by atoms with E-state index in [-0.39, 0.29) is 23.8 Å². The number of nitrogens with one attached hydrogen (secondary N) is 1. The maximum absolute atomic E-state index is 12.7. The number of carbonyl (C=O) groups is 2. The largest absolute Gasteiger partial charge is 0.490 e. The molecular formula is C46H54N12O9. The summed E-state index contributed by atoms with van der Waals surface area (Å²) in [7, 11) is 6.67. The third-order valence-corrected chi connectivity index (χ3v) is 11.2. The second-order valence-corrected chi connectivity index (χ2v) is 16.0. The van der Waals surface area contributed by atoms with Gasteiger partial charge in [0.15, 0.2) is 5.69 Å². The van der Waals surface area contributed by atoms with E-state index in [0.717, 1.165) is 78.2 Å². The quantitative estimate of drug-likeness (QED) is 0.150.